The summed E-state index contributed by atoms with van der Waals surface area (Å²) in [6.07, 6.45) is 1.36. The van der Waals surface area contributed by atoms with Crippen LogP contribution in [0.4, 0.5) is 4.39 Å². The van der Waals surface area contributed by atoms with Crippen LogP contribution in [0.2, 0.25) is 0 Å². The molecule has 0 saturated carbocycles. The lowest BCUT2D eigenvalue weighted by atomic mass is 10.1. The number of nitrogens with zero attached hydrogens (tertiary/aromatic N) is 1. The first-order chi connectivity index (χ1) is 8.54. The van der Waals surface area contributed by atoms with Crippen molar-refractivity contribution >= 4 is 5.84 Å². The summed E-state index contributed by atoms with van der Waals surface area (Å²) in [5.74, 6) is 0.107. The van der Waals surface area contributed by atoms with Crippen LogP contribution in [0.5, 0.6) is 0 Å². The van der Waals surface area contributed by atoms with Gasteiger partial charge in [-0.1, -0.05) is 17.3 Å². The van der Waals surface area contributed by atoms with Gasteiger partial charge in [0.2, 0.25) is 0 Å². The van der Waals surface area contributed by atoms with Crippen LogP contribution in [0.1, 0.15) is 29.5 Å². The van der Waals surface area contributed by atoms with Gasteiger partial charge in [-0.15, -0.1) is 0 Å². The van der Waals surface area contributed by atoms with Gasteiger partial charge < -0.3 is 16.3 Å². The maximum absolute atomic E-state index is 13.4. The summed E-state index contributed by atoms with van der Waals surface area (Å²) in [6.45, 7) is 5.00. The Morgan fingerprint density at radius 3 is 2.56 bits per heavy atom. The Balaban J connectivity index is 2.36. The zero-order valence-electron chi connectivity index (χ0n) is 10.8. The van der Waals surface area contributed by atoms with Gasteiger partial charge in [-0.2, -0.15) is 0 Å². The molecule has 0 saturated heterocycles. The standard InChI is InChI=1S/C13H20FN3O/c1-9-6-11(7-10(2)13(9)14)8-16-5-3-4-12(15)17-18/h6-7,16,18H,3-5,8H2,1-2H3,(H2,15,17). The van der Waals surface area contributed by atoms with Crippen LogP contribution in [-0.4, -0.2) is 17.6 Å². The molecule has 0 aliphatic carbocycles. The van der Waals surface area contributed by atoms with Gasteiger partial charge in [0, 0.05) is 13.0 Å². The molecule has 18 heavy (non-hydrogen) atoms. The monoisotopic (exact) mass is 253 g/mol. The molecule has 100 valence electrons. The number of rotatable bonds is 6. The topological polar surface area (TPSA) is 70.6 Å². The number of oxime groups is 1. The Bertz CT molecular complexity index is 409. The van der Waals surface area contributed by atoms with Crippen molar-refractivity contribution in [1.82, 2.24) is 5.32 Å². The number of hydrogen-bond donors (Lipinski definition) is 3. The Labute approximate surface area is 107 Å². The Hall–Kier alpha value is -1.62. The van der Waals surface area contributed by atoms with Crippen molar-refractivity contribution in [1.29, 1.82) is 0 Å². The molecule has 0 amide bonds. The molecule has 0 aliphatic rings. The number of benzene rings is 1. The first-order valence-corrected chi connectivity index (χ1v) is 5.97. The lowest BCUT2D eigenvalue weighted by molar-refractivity contribution is 0.316. The van der Waals surface area contributed by atoms with Crippen LogP contribution < -0.4 is 11.1 Å². The Morgan fingerprint density at radius 1 is 1.39 bits per heavy atom. The van der Waals surface area contributed by atoms with E-state index in [0.29, 0.717) is 24.1 Å². The third kappa shape index (κ3) is 4.33. The number of halogens is 1. The predicted molar refractivity (Wildman–Crippen MR) is 70.2 cm³/mol. The highest BCUT2D eigenvalue weighted by molar-refractivity contribution is 5.79. The van der Waals surface area contributed by atoms with E-state index in [1.54, 1.807) is 13.8 Å². The summed E-state index contributed by atoms with van der Waals surface area (Å²) in [5, 5.41) is 14.5. The molecule has 5 heteroatoms. The van der Waals surface area contributed by atoms with Crippen molar-refractivity contribution in [3.63, 3.8) is 0 Å². The van der Waals surface area contributed by atoms with Gasteiger partial charge in [0.05, 0.1) is 0 Å². The van der Waals surface area contributed by atoms with E-state index in [-0.39, 0.29) is 11.7 Å². The highest BCUT2D eigenvalue weighted by atomic mass is 19.1. The maximum Gasteiger partial charge on any atom is 0.139 e. The summed E-state index contributed by atoms with van der Waals surface area (Å²) in [7, 11) is 0. The number of aryl methyl sites for hydroxylation is 2. The minimum absolute atomic E-state index is 0.134. The normalized spacial score (nSPS) is 11.8. The van der Waals surface area contributed by atoms with Crippen molar-refractivity contribution < 1.29 is 9.60 Å². The van der Waals surface area contributed by atoms with Crippen molar-refractivity contribution in [3.05, 3.63) is 34.6 Å². The van der Waals surface area contributed by atoms with Gasteiger partial charge in [-0.05, 0) is 43.5 Å². The second-order valence-corrected chi connectivity index (χ2v) is 4.42. The van der Waals surface area contributed by atoms with E-state index in [4.69, 9.17) is 10.9 Å². The van der Waals surface area contributed by atoms with E-state index < -0.39 is 0 Å². The highest BCUT2D eigenvalue weighted by Gasteiger charge is 2.03. The highest BCUT2D eigenvalue weighted by Crippen LogP contribution is 2.14. The van der Waals surface area contributed by atoms with Gasteiger partial charge in [-0.3, -0.25) is 0 Å². The third-order valence-corrected chi connectivity index (χ3v) is 2.74. The average Bonchev–Trinajstić information content (AvgIpc) is 2.35. The van der Waals surface area contributed by atoms with E-state index in [9.17, 15) is 4.39 Å². The summed E-state index contributed by atoms with van der Waals surface area (Å²) in [4.78, 5) is 0. The van der Waals surface area contributed by atoms with Crippen LogP contribution in [0.25, 0.3) is 0 Å². The van der Waals surface area contributed by atoms with Crippen molar-refractivity contribution in [2.24, 2.45) is 10.9 Å². The number of nitrogens with one attached hydrogen (secondary N) is 1. The van der Waals surface area contributed by atoms with E-state index in [1.807, 2.05) is 12.1 Å². The van der Waals surface area contributed by atoms with E-state index >= 15 is 0 Å². The number of hydrogen-bond acceptors (Lipinski definition) is 3. The summed E-state index contributed by atoms with van der Waals surface area (Å²) in [5.41, 5.74) is 7.76. The van der Waals surface area contributed by atoms with E-state index in [1.165, 1.54) is 0 Å². The van der Waals surface area contributed by atoms with Gasteiger partial charge in [0.15, 0.2) is 0 Å². The molecule has 0 aliphatic heterocycles. The fourth-order valence-corrected chi connectivity index (χ4v) is 1.81. The number of amidine groups is 1. The minimum Gasteiger partial charge on any atom is -0.409 e. The van der Waals surface area contributed by atoms with Crippen LogP contribution >= 0.6 is 0 Å². The Morgan fingerprint density at radius 2 is 2.00 bits per heavy atom. The van der Waals surface area contributed by atoms with Crippen LogP contribution in [0.15, 0.2) is 17.3 Å². The summed E-state index contributed by atoms with van der Waals surface area (Å²) < 4.78 is 13.4. The fraction of sp³-hybridized carbons (Fsp3) is 0.462. The maximum atomic E-state index is 13.4. The first kappa shape index (κ1) is 14.4. The zero-order chi connectivity index (χ0) is 13.5. The van der Waals surface area contributed by atoms with Crippen molar-refractivity contribution in [3.8, 4) is 0 Å². The molecule has 1 aromatic carbocycles. The minimum atomic E-state index is -0.134. The zero-order valence-corrected chi connectivity index (χ0v) is 10.8. The molecule has 0 bridgehead atoms. The quantitative estimate of drug-likeness (QED) is 0.239. The summed E-state index contributed by atoms with van der Waals surface area (Å²) in [6, 6.07) is 3.69. The molecule has 0 atom stereocenters. The fourth-order valence-electron chi connectivity index (χ4n) is 1.81. The van der Waals surface area contributed by atoms with Crippen LogP contribution in [-0.2, 0) is 6.54 Å². The van der Waals surface area contributed by atoms with Gasteiger partial charge in [-0.25, -0.2) is 4.39 Å². The average molecular weight is 253 g/mol. The lowest BCUT2D eigenvalue weighted by Crippen LogP contribution is -2.18. The molecule has 0 unspecified atom stereocenters. The van der Waals surface area contributed by atoms with E-state index in [2.05, 4.69) is 10.5 Å². The molecule has 0 aromatic heterocycles. The molecule has 1 rings (SSSR count). The molecule has 0 spiro atoms. The smallest absolute Gasteiger partial charge is 0.139 e. The first-order valence-electron chi connectivity index (χ1n) is 5.97. The van der Waals surface area contributed by atoms with Gasteiger partial charge >= 0.3 is 0 Å². The second-order valence-electron chi connectivity index (χ2n) is 4.42. The van der Waals surface area contributed by atoms with Crippen LogP contribution in [0.3, 0.4) is 0 Å². The molecule has 4 nitrogen and oxygen atoms in total. The van der Waals surface area contributed by atoms with Crippen molar-refractivity contribution in [2.45, 2.75) is 33.2 Å². The molecule has 1 aromatic rings. The second kappa shape index (κ2) is 6.96. The molecule has 0 radical (unpaired) electrons. The SMILES string of the molecule is Cc1cc(CNCCCC(N)=NO)cc(C)c1F. The molecule has 0 heterocycles. The largest absolute Gasteiger partial charge is 0.409 e. The predicted octanol–water partition coefficient (Wildman–Crippen LogP) is 2.06. The van der Waals surface area contributed by atoms with Gasteiger partial charge in [0.25, 0.3) is 0 Å². The molecular weight excluding hydrogens is 233 g/mol. The van der Waals surface area contributed by atoms with Crippen molar-refractivity contribution in [2.75, 3.05) is 6.54 Å². The van der Waals surface area contributed by atoms with Crippen LogP contribution in [0, 0.1) is 19.7 Å². The van der Waals surface area contributed by atoms with E-state index in [0.717, 1.165) is 18.5 Å². The number of nitrogens with two attached hydrogens (primary N) is 1. The third-order valence-electron chi connectivity index (χ3n) is 2.74. The lowest BCUT2D eigenvalue weighted by Gasteiger charge is -2.08. The molecule has 0 fully saturated rings. The molecular formula is C13H20FN3O. The Kier molecular flexibility index (Phi) is 5.58. The van der Waals surface area contributed by atoms with Gasteiger partial charge in [0.1, 0.15) is 11.7 Å². The summed E-state index contributed by atoms with van der Waals surface area (Å²) >= 11 is 0. The molecule has 4 N–H and O–H groups in total.